The van der Waals surface area contributed by atoms with Gasteiger partial charge in [0.2, 0.25) is 0 Å². The molecule has 3 heterocycles. The van der Waals surface area contributed by atoms with Crippen LogP contribution in [0.1, 0.15) is 71.8 Å². The molecule has 2 aromatic heterocycles. The van der Waals surface area contributed by atoms with Crippen molar-refractivity contribution in [2.75, 3.05) is 32.7 Å². The molecule has 0 unspecified atom stereocenters. The number of halogens is 1. The van der Waals surface area contributed by atoms with Gasteiger partial charge in [-0.15, -0.1) is 0 Å². The van der Waals surface area contributed by atoms with E-state index in [2.05, 4.69) is 54.1 Å². The fourth-order valence-corrected chi connectivity index (χ4v) is 10.2. The number of benzene rings is 1. The van der Waals surface area contributed by atoms with E-state index in [0.29, 0.717) is 12.0 Å². The number of hydrogen-bond donors (Lipinski definition) is 1. The van der Waals surface area contributed by atoms with Crippen LogP contribution in [0.25, 0.3) is 21.8 Å². The van der Waals surface area contributed by atoms with Gasteiger partial charge in [-0.2, -0.15) is 0 Å². The van der Waals surface area contributed by atoms with Crippen LogP contribution in [0.15, 0.2) is 29.2 Å². The fraction of sp³-hybridized carbons (Fsp3) is 0.633. The zero-order valence-electron chi connectivity index (χ0n) is 22.8. The van der Waals surface area contributed by atoms with Gasteiger partial charge in [0.05, 0.1) is 0 Å². The Labute approximate surface area is 228 Å². The number of fused-ring (bicyclic) bond motifs is 3. The van der Waals surface area contributed by atoms with Crippen LogP contribution in [0, 0.1) is 11.8 Å². The number of nitrogens with zero attached hydrogens (tertiary/aromatic N) is 4. The number of nitrogens with one attached hydrogen (secondary N) is 1. The van der Waals surface area contributed by atoms with Crippen LogP contribution in [-0.2, 0) is 0 Å². The van der Waals surface area contributed by atoms with E-state index >= 15 is 0 Å². The van der Waals surface area contributed by atoms with Crippen molar-refractivity contribution in [2.45, 2.75) is 81.7 Å². The average Bonchev–Trinajstić information content (AvgIpc) is 3.75. The molecule has 0 spiro atoms. The Bertz CT molecular complexity index is 1340. The maximum absolute atomic E-state index is 14.3. The molecule has 2 saturated carbocycles. The molecule has 6 rings (SSSR count). The molecule has 1 saturated heterocycles. The Morgan fingerprint density at radius 3 is 2.54 bits per heavy atom. The summed E-state index contributed by atoms with van der Waals surface area (Å²) in [6, 6.07) is 7.28. The topological polar surface area (TPSA) is 63.1 Å². The van der Waals surface area contributed by atoms with Gasteiger partial charge in [-0.05, 0) is 18.8 Å². The van der Waals surface area contributed by atoms with E-state index in [4.69, 9.17) is 9.97 Å². The van der Waals surface area contributed by atoms with Crippen molar-refractivity contribution < 1.29 is 0 Å². The molecule has 2 aliphatic carbocycles. The normalized spacial score (nSPS) is 28.0. The Morgan fingerprint density at radius 1 is 1.00 bits per heavy atom. The summed E-state index contributed by atoms with van der Waals surface area (Å²) < 4.78 is 4.25. The summed E-state index contributed by atoms with van der Waals surface area (Å²) >= 11 is -0.887. The van der Waals surface area contributed by atoms with E-state index in [1.807, 2.05) is 10.8 Å². The summed E-state index contributed by atoms with van der Waals surface area (Å²) in [6.07, 6.45) is 10.2. The van der Waals surface area contributed by atoms with Crippen molar-refractivity contribution in [3.05, 3.63) is 34.7 Å². The molecule has 3 fully saturated rings. The van der Waals surface area contributed by atoms with Gasteiger partial charge in [0.1, 0.15) is 0 Å². The Morgan fingerprint density at radius 2 is 1.78 bits per heavy atom. The predicted octanol–water partition coefficient (Wildman–Crippen LogP) is 6.64. The number of alkyl halides is 3. The molecule has 6 nitrogen and oxygen atoms in total. The van der Waals surface area contributed by atoms with Crippen LogP contribution in [0.4, 0.5) is 11.6 Å². The second-order valence-corrected chi connectivity index (χ2v) is 18.8. The van der Waals surface area contributed by atoms with Crippen molar-refractivity contribution in [2.24, 2.45) is 11.8 Å². The molecule has 0 amide bonds. The summed E-state index contributed by atoms with van der Waals surface area (Å²) in [5.41, 5.74) is 2.12. The SMILES string of the molecule is CC1CCC(n2c(=O)c3cc(N4C[C@@H](C)I(C)CC[C@@H]4C)ccc3c3cnc(NCC4CC4)nc32)CC1. The van der Waals surface area contributed by atoms with Crippen molar-refractivity contribution >= 4 is 53.3 Å². The fourth-order valence-electron chi connectivity index (χ4n) is 6.18. The van der Waals surface area contributed by atoms with Crippen molar-refractivity contribution in [1.82, 2.24) is 14.5 Å². The molecule has 7 heteroatoms. The Kier molecular flexibility index (Phi) is 7.10. The van der Waals surface area contributed by atoms with Gasteiger partial charge in [0.15, 0.2) is 0 Å². The maximum atomic E-state index is 14.3. The molecule has 1 aromatic carbocycles. The van der Waals surface area contributed by atoms with Gasteiger partial charge >= 0.3 is 197 Å². The quantitative estimate of drug-likeness (QED) is 0.198. The number of hydrogen-bond acceptors (Lipinski definition) is 5. The minimum atomic E-state index is -0.887. The number of pyridine rings is 1. The summed E-state index contributed by atoms with van der Waals surface area (Å²) in [5, 5.41) is 6.23. The van der Waals surface area contributed by atoms with Gasteiger partial charge in [-0.3, -0.25) is 0 Å². The van der Waals surface area contributed by atoms with E-state index in [1.165, 1.54) is 42.2 Å². The van der Waals surface area contributed by atoms with Crippen molar-refractivity contribution in [3.63, 3.8) is 0 Å². The monoisotopic (exact) mass is 615 g/mol. The van der Waals surface area contributed by atoms with Crippen molar-refractivity contribution in [3.8, 4) is 0 Å². The van der Waals surface area contributed by atoms with Crippen LogP contribution in [0.2, 0.25) is 0 Å². The van der Waals surface area contributed by atoms with Crippen LogP contribution in [0.5, 0.6) is 0 Å². The number of aromatic nitrogens is 3. The second kappa shape index (κ2) is 10.3. The number of anilines is 2. The zero-order valence-corrected chi connectivity index (χ0v) is 25.0. The molecule has 3 aliphatic rings. The van der Waals surface area contributed by atoms with Gasteiger partial charge in [0.25, 0.3) is 0 Å². The third kappa shape index (κ3) is 5.09. The third-order valence-electron chi connectivity index (χ3n) is 9.11. The van der Waals surface area contributed by atoms with Crippen molar-refractivity contribution in [1.29, 1.82) is 0 Å². The molecule has 37 heavy (non-hydrogen) atoms. The summed E-state index contributed by atoms with van der Waals surface area (Å²) in [4.78, 5) is 29.1. The first-order valence-corrected chi connectivity index (χ1v) is 19.2. The number of rotatable bonds is 5. The standard InChI is InChI=1S/C30H42IN5O/c1-19-5-9-23(10-6-19)36-28-27(17-33-30(34-28)32-16-22-7-8-22)25-12-11-24(15-26(25)29(36)37)35-18-20(2)31(4)14-13-21(35)3/h11-12,15,17,19-23H,5-10,13-14,16,18H2,1-4H3,(H,32,33,34)/t19?,20-,21+,23?/m1/s1. The zero-order chi connectivity index (χ0) is 25.7. The first-order chi connectivity index (χ1) is 17.9. The molecule has 0 bridgehead atoms. The van der Waals surface area contributed by atoms with Crippen LogP contribution >= 0.6 is 19.8 Å². The van der Waals surface area contributed by atoms with E-state index in [-0.39, 0.29) is 11.6 Å². The first kappa shape index (κ1) is 25.4. The first-order valence-electron chi connectivity index (χ1n) is 14.3. The molecule has 3 aromatic rings. The second-order valence-electron chi connectivity index (χ2n) is 12.0. The molecule has 0 radical (unpaired) electrons. The Hall–Kier alpha value is -1.90. The molecule has 1 aliphatic heterocycles. The third-order valence-corrected chi connectivity index (χ3v) is 15.5. The molecule has 2 atom stereocenters. The van der Waals surface area contributed by atoms with Crippen LogP contribution < -0.4 is 15.8 Å². The summed E-state index contributed by atoms with van der Waals surface area (Å²) in [6.45, 7) is 9.16. The summed E-state index contributed by atoms with van der Waals surface area (Å²) in [7, 11) is 0. The van der Waals surface area contributed by atoms with Crippen LogP contribution in [0.3, 0.4) is 0 Å². The molecule has 200 valence electrons. The van der Waals surface area contributed by atoms with E-state index < -0.39 is 19.8 Å². The van der Waals surface area contributed by atoms with Gasteiger partial charge in [0, 0.05) is 6.54 Å². The average molecular weight is 616 g/mol. The van der Waals surface area contributed by atoms with E-state index in [1.54, 1.807) is 0 Å². The minimum absolute atomic E-state index is 0.121. The van der Waals surface area contributed by atoms with Crippen LogP contribution in [-0.4, -0.2) is 46.9 Å². The molecular formula is C30H42IN5O. The van der Waals surface area contributed by atoms with Gasteiger partial charge in [-0.25, -0.2) is 0 Å². The van der Waals surface area contributed by atoms with Gasteiger partial charge < -0.3 is 0 Å². The predicted molar refractivity (Wildman–Crippen MR) is 165 cm³/mol. The molecular weight excluding hydrogens is 573 g/mol. The Balaban J connectivity index is 1.48. The molecule has 1 N–H and O–H groups in total. The van der Waals surface area contributed by atoms with E-state index in [9.17, 15) is 4.79 Å². The van der Waals surface area contributed by atoms with E-state index in [0.717, 1.165) is 63.5 Å². The van der Waals surface area contributed by atoms with Gasteiger partial charge in [-0.1, -0.05) is 6.92 Å². The summed E-state index contributed by atoms with van der Waals surface area (Å²) in [5.74, 6) is 2.12.